The second-order valence-corrected chi connectivity index (χ2v) is 7.67. The van der Waals surface area contributed by atoms with E-state index in [-0.39, 0.29) is 0 Å². The van der Waals surface area contributed by atoms with E-state index in [0.717, 1.165) is 32.6 Å². The van der Waals surface area contributed by atoms with Crippen LogP contribution in [0.5, 0.6) is 0 Å². The summed E-state index contributed by atoms with van der Waals surface area (Å²) in [4.78, 5) is 4.61. The molecule has 0 aliphatic heterocycles. The van der Waals surface area contributed by atoms with Crippen LogP contribution in [0.2, 0.25) is 0 Å². The van der Waals surface area contributed by atoms with E-state index >= 15 is 0 Å². The number of aryl methyl sites for hydroxylation is 1. The molecule has 0 bridgehead atoms. The van der Waals surface area contributed by atoms with Gasteiger partial charge in [-0.2, -0.15) is 0 Å². The minimum absolute atomic E-state index is 0.599. The Morgan fingerprint density at radius 1 is 1.14 bits per heavy atom. The minimum Gasteiger partial charge on any atom is -0.284 e. The van der Waals surface area contributed by atoms with Crippen LogP contribution in [0.25, 0.3) is 20.8 Å². The van der Waals surface area contributed by atoms with E-state index in [2.05, 4.69) is 9.71 Å². The van der Waals surface area contributed by atoms with Crippen molar-refractivity contribution < 1.29 is 8.42 Å². The Morgan fingerprint density at radius 3 is 2.57 bits per heavy atom. The van der Waals surface area contributed by atoms with Crippen LogP contribution < -0.4 is 4.72 Å². The molecule has 0 amide bonds. The van der Waals surface area contributed by atoms with Crippen LogP contribution in [-0.2, 0) is 10.0 Å². The molecule has 108 valence electrons. The molecule has 0 aliphatic rings. The number of nitrogens with zero attached hydrogens (tertiary/aromatic N) is 1. The molecule has 0 fully saturated rings. The first kappa shape index (κ1) is 14.0. The van der Waals surface area contributed by atoms with Crippen molar-refractivity contribution in [1.82, 2.24) is 4.98 Å². The summed E-state index contributed by atoms with van der Waals surface area (Å²) in [5.41, 5.74) is 3.45. The van der Waals surface area contributed by atoms with E-state index in [1.54, 1.807) is 17.4 Å². The van der Waals surface area contributed by atoms with Crippen molar-refractivity contribution in [1.29, 1.82) is 0 Å². The molecule has 3 aromatic rings. The number of hydrogen-bond donors (Lipinski definition) is 1. The molecule has 0 unspecified atom stereocenters. The van der Waals surface area contributed by atoms with Gasteiger partial charge >= 0.3 is 0 Å². The fourth-order valence-electron chi connectivity index (χ4n) is 2.11. The Labute approximate surface area is 127 Å². The van der Waals surface area contributed by atoms with Gasteiger partial charge < -0.3 is 0 Å². The zero-order chi connectivity index (χ0) is 15.0. The summed E-state index contributed by atoms with van der Waals surface area (Å²) in [6.07, 6.45) is 1.15. The van der Waals surface area contributed by atoms with E-state index in [1.165, 1.54) is 0 Å². The van der Waals surface area contributed by atoms with Crippen molar-refractivity contribution in [2.45, 2.75) is 6.92 Å². The summed E-state index contributed by atoms with van der Waals surface area (Å²) in [6, 6.07) is 13.6. The maximum Gasteiger partial charge on any atom is 0.229 e. The molecule has 3 rings (SSSR count). The second-order valence-electron chi connectivity index (χ2n) is 4.89. The van der Waals surface area contributed by atoms with Crippen molar-refractivity contribution in [2.75, 3.05) is 11.0 Å². The molecule has 6 heteroatoms. The van der Waals surface area contributed by atoms with Gasteiger partial charge in [0.15, 0.2) is 0 Å². The number of sulfonamides is 1. The minimum atomic E-state index is -3.26. The first-order valence-electron chi connectivity index (χ1n) is 6.37. The standard InChI is InChI=1S/C15H14N2O2S2/c1-10-9-11(7-8-12(10)17-21(2,18)19)15-16-13-5-3-4-6-14(13)20-15/h3-9,17H,1-2H3. The lowest BCUT2D eigenvalue weighted by atomic mass is 10.1. The summed E-state index contributed by atoms with van der Waals surface area (Å²) in [7, 11) is -3.26. The molecule has 0 spiro atoms. The lowest BCUT2D eigenvalue weighted by Crippen LogP contribution is -2.10. The molecule has 21 heavy (non-hydrogen) atoms. The third kappa shape index (κ3) is 3.06. The van der Waals surface area contributed by atoms with Crippen molar-refractivity contribution in [2.24, 2.45) is 0 Å². The highest BCUT2D eigenvalue weighted by Crippen LogP contribution is 2.31. The normalized spacial score (nSPS) is 11.7. The maximum atomic E-state index is 11.3. The lowest BCUT2D eigenvalue weighted by Gasteiger charge is -2.08. The smallest absolute Gasteiger partial charge is 0.229 e. The van der Waals surface area contributed by atoms with Crippen molar-refractivity contribution >= 4 is 37.3 Å². The average Bonchev–Trinajstić information content (AvgIpc) is 2.83. The summed E-state index contributed by atoms with van der Waals surface area (Å²) in [5, 5.41) is 0.935. The first-order valence-corrected chi connectivity index (χ1v) is 9.07. The molecule has 4 nitrogen and oxygen atoms in total. The molecule has 0 aliphatic carbocycles. The number of hydrogen-bond acceptors (Lipinski definition) is 4. The third-order valence-electron chi connectivity index (χ3n) is 3.06. The highest BCUT2D eigenvalue weighted by molar-refractivity contribution is 7.92. The van der Waals surface area contributed by atoms with E-state index in [9.17, 15) is 8.42 Å². The van der Waals surface area contributed by atoms with E-state index < -0.39 is 10.0 Å². The van der Waals surface area contributed by atoms with Gasteiger partial charge in [-0.15, -0.1) is 11.3 Å². The Bertz CT molecular complexity index is 881. The van der Waals surface area contributed by atoms with Gasteiger partial charge in [-0.1, -0.05) is 12.1 Å². The monoisotopic (exact) mass is 318 g/mol. The summed E-state index contributed by atoms with van der Waals surface area (Å²) in [5.74, 6) is 0. The topological polar surface area (TPSA) is 59.1 Å². The molecule has 2 aromatic carbocycles. The predicted octanol–water partition coefficient (Wildman–Crippen LogP) is 3.64. The van der Waals surface area contributed by atoms with Gasteiger partial charge in [0, 0.05) is 5.56 Å². The van der Waals surface area contributed by atoms with Crippen LogP contribution in [0.4, 0.5) is 5.69 Å². The third-order valence-corrected chi connectivity index (χ3v) is 4.74. The number of para-hydroxylation sites is 1. The Kier molecular flexibility index (Phi) is 3.43. The van der Waals surface area contributed by atoms with Crippen LogP contribution in [0.3, 0.4) is 0 Å². The zero-order valence-corrected chi connectivity index (χ0v) is 13.3. The molecule has 1 heterocycles. The van der Waals surface area contributed by atoms with Crippen molar-refractivity contribution in [3.05, 3.63) is 48.0 Å². The largest absolute Gasteiger partial charge is 0.284 e. The summed E-state index contributed by atoms with van der Waals surface area (Å²) >= 11 is 1.63. The van der Waals surface area contributed by atoms with Crippen LogP contribution in [0.15, 0.2) is 42.5 Å². The van der Waals surface area contributed by atoms with E-state index in [4.69, 9.17) is 0 Å². The summed E-state index contributed by atoms with van der Waals surface area (Å²) < 4.78 is 26.3. The summed E-state index contributed by atoms with van der Waals surface area (Å²) in [6.45, 7) is 1.88. The molecular weight excluding hydrogens is 304 g/mol. The van der Waals surface area contributed by atoms with Gasteiger partial charge in [-0.05, 0) is 42.8 Å². The molecule has 1 aromatic heterocycles. The van der Waals surface area contributed by atoms with E-state index in [0.29, 0.717) is 5.69 Å². The van der Waals surface area contributed by atoms with Gasteiger partial charge in [0.2, 0.25) is 10.0 Å². The van der Waals surface area contributed by atoms with Gasteiger partial charge in [0.25, 0.3) is 0 Å². The van der Waals surface area contributed by atoms with Crippen LogP contribution in [0.1, 0.15) is 5.56 Å². The molecule has 0 saturated heterocycles. The van der Waals surface area contributed by atoms with Gasteiger partial charge in [-0.25, -0.2) is 13.4 Å². The van der Waals surface area contributed by atoms with Gasteiger partial charge in [0.05, 0.1) is 22.2 Å². The fourth-order valence-corrected chi connectivity index (χ4v) is 3.70. The number of aromatic nitrogens is 1. The van der Waals surface area contributed by atoms with Gasteiger partial charge in [-0.3, -0.25) is 4.72 Å². The average molecular weight is 318 g/mol. The molecule has 0 radical (unpaired) electrons. The number of nitrogens with one attached hydrogen (secondary N) is 1. The second kappa shape index (κ2) is 5.13. The quantitative estimate of drug-likeness (QED) is 0.802. The number of benzene rings is 2. The van der Waals surface area contributed by atoms with E-state index in [1.807, 2.05) is 43.3 Å². The number of rotatable bonds is 3. The molecule has 1 N–H and O–H groups in total. The zero-order valence-electron chi connectivity index (χ0n) is 11.6. The Morgan fingerprint density at radius 2 is 1.90 bits per heavy atom. The highest BCUT2D eigenvalue weighted by atomic mass is 32.2. The number of thiazole rings is 1. The predicted molar refractivity (Wildman–Crippen MR) is 88.3 cm³/mol. The van der Waals surface area contributed by atoms with Crippen LogP contribution in [0, 0.1) is 6.92 Å². The van der Waals surface area contributed by atoms with Crippen LogP contribution >= 0.6 is 11.3 Å². The first-order chi connectivity index (χ1) is 9.92. The molecule has 0 atom stereocenters. The van der Waals surface area contributed by atoms with Crippen LogP contribution in [-0.4, -0.2) is 19.7 Å². The Balaban J connectivity index is 2.01. The van der Waals surface area contributed by atoms with Gasteiger partial charge in [0.1, 0.15) is 5.01 Å². The SMILES string of the molecule is Cc1cc(-c2nc3ccccc3s2)ccc1NS(C)(=O)=O. The highest BCUT2D eigenvalue weighted by Gasteiger charge is 2.09. The Hall–Kier alpha value is -1.92. The molecule has 0 saturated carbocycles. The number of fused-ring (bicyclic) bond motifs is 1. The maximum absolute atomic E-state index is 11.3. The fraction of sp³-hybridized carbons (Fsp3) is 0.133. The van der Waals surface area contributed by atoms with Crippen molar-refractivity contribution in [3.63, 3.8) is 0 Å². The molecular formula is C15H14N2O2S2. The van der Waals surface area contributed by atoms with Crippen molar-refractivity contribution in [3.8, 4) is 10.6 Å². The number of anilines is 1. The lowest BCUT2D eigenvalue weighted by molar-refractivity contribution is 0.607.